The summed E-state index contributed by atoms with van der Waals surface area (Å²) in [5, 5.41) is 6.79. The molecule has 7 nitrogen and oxygen atoms in total. The van der Waals surface area contributed by atoms with Gasteiger partial charge in [-0.05, 0) is 55.6 Å². The molecule has 2 aliphatic heterocycles. The third-order valence-corrected chi connectivity index (χ3v) is 5.31. The highest BCUT2D eigenvalue weighted by Crippen LogP contribution is 2.32. The summed E-state index contributed by atoms with van der Waals surface area (Å²) >= 11 is 5.42. The smallest absolute Gasteiger partial charge is 0.231 e. The minimum atomic E-state index is 0.273. The van der Waals surface area contributed by atoms with Crippen LogP contribution in [0.3, 0.4) is 0 Å². The number of rotatable bonds is 4. The van der Waals surface area contributed by atoms with E-state index in [-0.39, 0.29) is 6.79 Å². The number of aromatic nitrogens is 2. The Bertz CT molecular complexity index is 868. The summed E-state index contributed by atoms with van der Waals surface area (Å²) in [4.78, 5) is 11.5. The van der Waals surface area contributed by atoms with Crippen LogP contribution in [0.5, 0.6) is 11.5 Å². The summed E-state index contributed by atoms with van der Waals surface area (Å²) in [6.07, 6.45) is 2.39. The van der Waals surface area contributed by atoms with E-state index in [0.717, 1.165) is 47.6 Å². The maximum Gasteiger partial charge on any atom is 0.231 e. The van der Waals surface area contributed by atoms with Crippen molar-refractivity contribution in [2.75, 3.05) is 30.1 Å². The highest BCUT2D eigenvalue weighted by molar-refractivity contribution is 7.80. The molecule has 8 heteroatoms. The van der Waals surface area contributed by atoms with Crippen LogP contribution in [0.2, 0.25) is 0 Å². The Morgan fingerprint density at radius 3 is 2.79 bits per heavy atom. The largest absolute Gasteiger partial charge is 0.454 e. The van der Waals surface area contributed by atoms with Crippen LogP contribution in [0.1, 0.15) is 31.0 Å². The van der Waals surface area contributed by atoms with E-state index in [0.29, 0.717) is 17.6 Å². The third kappa shape index (κ3) is 4.44. The van der Waals surface area contributed by atoms with E-state index in [2.05, 4.69) is 32.4 Å². The second-order valence-electron chi connectivity index (χ2n) is 7.36. The summed E-state index contributed by atoms with van der Waals surface area (Å²) in [7, 11) is 0. The van der Waals surface area contributed by atoms with Crippen LogP contribution in [0.4, 0.5) is 11.8 Å². The maximum absolute atomic E-state index is 5.42. The fraction of sp³-hybridized carbons (Fsp3) is 0.450. The molecule has 2 N–H and O–H groups in total. The summed E-state index contributed by atoms with van der Waals surface area (Å²) in [6.45, 7) is 7.19. The van der Waals surface area contributed by atoms with Crippen LogP contribution < -0.4 is 25.0 Å². The molecule has 4 rings (SSSR count). The Morgan fingerprint density at radius 1 is 1.18 bits per heavy atom. The maximum atomic E-state index is 5.42. The molecule has 2 aromatic rings. The van der Waals surface area contributed by atoms with Crippen molar-refractivity contribution < 1.29 is 9.47 Å². The fourth-order valence-corrected chi connectivity index (χ4v) is 3.55. The quantitative estimate of drug-likeness (QED) is 0.760. The zero-order chi connectivity index (χ0) is 19.5. The molecule has 3 heterocycles. The molecule has 2 aliphatic rings. The van der Waals surface area contributed by atoms with Crippen molar-refractivity contribution in [1.29, 1.82) is 0 Å². The zero-order valence-electron chi connectivity index (χ0n) is 16.2. The Kier molecular flexibility index (Phi) is 5.47. The van der Waals surface area contributed by atoms with Gasteiger partial charge in [0.05, 0.1) is 0 Å². The molecule has 0 amide bonds. The predicted molar refractivity (Wildman–Crippen MR) is 113 cm³/mol. The lowest BCUT2D eigenvalue weighted by Gasteiger charge is -2.31. The molecular formula is C20H25N5O2S. The first kappa shape index (κ1) is 18.7. The Labute approximate surface area is 170 Å². The van der Waals surface area contributed by atoms with Gasteiger partial charge in [-0.2, -0.15) is 4.98 Å². The summed E-state index contributed by atoms with van der Waals surface area (Å²) in [6, 6.07) is 7.88. The first-order chi connectivity index (χ1) is 13.6. The van der Waals surface area contributed by atoms with E-state index < -0.39 is 0 Å². The molecule has 0 radical (unpaired) electrons. The summed E-state index contributed by atoms with van der Waals surface area (Å²) < 4.78 is 10.7. The van der Waals surface area contributed by atoms with E-state index in [1.807, 2.05) is 31.2 Å². The number of anilines is 2. The molecule has 0 atom stereocenters. The van der Waals surface area contributed by atoms with Gasteiger partial charge in [-0.25, -0.2) is 4.98 Å². The number of thiocarbonyl (C=S) groups is 1. The number of hydrogen-bond acceptors (Lipinski definition) is 6. The minimum Gasteiger partial charge on any atom is -0.454 e. The number of aryl methyl sites for hydroxylation is 1. The van der Waals surface area contributed by atoms with Crippen molar-refractivity contribution in [3.63, 3.8) is 0 Å². The molecular weight excluding hydrogens is 374 g/mol. The highest BCUT2D eigenvalue weighted by atomic mass is 32.1. The van der Waals surface area contributed by atoms with Crippen molar-refractivity contribution in [1.82, 2.24) is 15.3 Å². The average Bonchev–Trinajstić information content (AvgIpc) is 3.14. The molecule has 28 heavy (non-hydrogen) atoms. The van der Waals surface area contributed by atoms with Gasteiger partial charge in [0.2, 0.25) is 12.7 Å². The van der Waals surface area contributed by atoms with Crippen LogP contribution in [-0.2, 0) is 6.54 Å². The summed E-state index contributed by atoms with van der Waals surface area (Å²) in [5.74, 6) is 3.81. The molecule has 1 fully saturated rings. The molecule has 0 bridgehead atoms. The Hall–Kier alpha value is -2.61. The van der Waals surface area contributed by atoms with Gasteiger partial charge in [-0.3, -0.25) is 0 Å². The predicted octanol–water partition coefficient (Wildman–Crippen LogP) is 3.24. The lowest BCUT2D eigenvalue weighted by Crippen LogP contribution is -2.34. The third-order valence-electron chi connectivity index (χ3n) is 5.06. The summed E-state index contributed by atoms with van der Waals surface area (Å²) in [5.41, 5.74) is 1.98. The topological polar surface area (TPSA) is 71.5 Å². The van der Waals surface area contributed by atoms with Crippen LogP contribution >= 0.6 is 12.2 Å². The van der Waals surface area contributed by atoms with Gasteiger partial charge < -0.3 is 25.0 Å². The van der Waals surface area contributed by atoms with Crippen molar-refractivity contribution in [2.24, 2.45) is 5.92 Å². The van der Waals surface area contributed by atoms with Gasteiger partial charge >= 0.3 is 0 Å². The first-order valence-corrected chi connectivity index (χ1v) is 10.0. The SMILES string of the molecule is Cc1cc(N2CCC(C)CC2)nc(NC(=S)NCc2ccc3c(c2)OCO3)n1. The Balaban J connectivity index is 1.36. The second kappa shape index (κ2) is 8.18. The minimum absolute atomic E-state index is 0.273. The van der Waals surface area contributed by atoms with Crippen molar-refractivity contribution in [2.45, 2.75) is 33.2 Å². The number of benzene rings is 1. The molecule has 0 spiro atoms. The number of piperidine rings is 1. The van der Waals surface area contributed by atoms with Crippen molar-refractivity contribution in [3.8, 4) is 11.5 Å². The van der Waals surface area contributed by atoms with Gasteiger partial charge in [0, 0.05) is 31.4 Å². The number of hydrogen-bond donors (Lipinski definition) is 2. The zero-order valence-corrected chi connectivity index (χ0v) is 17.0. The second-order valence-corrected chi connectivity index (χ2v) is 7.76. The van der Waals surface area contributed by atoms with Crippen LogP contribution in [-0.4, -0.2) is 35.0 Å². The fourth-order valence-electron chi connectivity index (χ4n) is 3.39. The van der Waals surface area contributed by atoms with E-state index >= 15 is 0 Å². The van der Waals surface area contributed by atoms with Gasteiger partial charge in [0.1, 0.15) is 5.82 Å². The number of ether oxygens (including phenoxy) is 2. The number of fused-ring (bicyclic) bond motifs is 1. The van der Waals surface area contributed by atoms with Gasteiger partial charge in [0.25, 0.3) is 0 Å². The monoisotopic (exact) mass is 399 g/mol. The molecule has 1 aromatic carbocycles. The number of nitrogens with one attached hydrogen (secondary N) is 2. The lowest BCUT2D eigenvalue weighted by atomic mass is 9.99. The normalized spacial score (nSPS) is 16.1. The van der Waals surface area contributed by atoms with Crippen LogP contribution in [0.15, 0.2) is 24.3 Å². The van der Waals surface area contributed by atoms with Gasteiger partial charge in [-0.1, -0.05) is 13.0 Å². The highest BCUT2D eigenvalue weighted by Gasteiger charge is 2.18. The van der Waals surface area contributed by atoms with Gasteiger partial charge in [0.15, 0.2) is 16.6 Å². The molecule has 148 valence electrons. The van der Waals surface area contributed by atoms with Crippen LogP contribution in [0.25, 0.3) is 0 Å². The van der Waals surface area contributed by atoms with E-state index in [4.69, 9.17) is 21.7 Å². The van der Waals surface area contributed by atoms with E-state index in [1.54, 1.807) is 0 Å². The first-order valence-electron chi connectivity index (χ1n) is 9.61. The molecule has 1 saturated heterocycles. The Morgan fingerprint density at radius 2 is 1.96 bits per heavy atom. The lowest BCUT2D eigenvalue weighted by molar-refractivity contribution is 0.174. The number of nitrogens with zero attached hydrogens (tertiary/aromatic N) is 3. The molecule has 0 aliphatic carbocycles. The van der Waals surface area contributed by atoms with Crippen LogP contribution in [0, 0.1) is 12.8 Å². The molecule has 0 unspecified atom stereocenters. The molecule has 1 aromatic heterocycles. The van der Waals surface area contributed by atoms with E-state index in [9.17, 15) is 0 Å². The molecule has 0 saturated carbocycles. The van der Waals surface area contributed by atoms with Gasteiger partial charge in [-0.15, -0.1) is 0 Å². The van der Waals surface area contributed by atoms with E-state index in [1.165, 1.54) is 12.8 Å². The van der Waals surface area contributed by atoms with Crippen molar-refractivity contribution >= 4 is 29.1 Å². The van der Waals surface area contributed by atoms with Crippen molar-refractivity contribution in [3.05, 3.63) is 35.5 Å². The average molecular weight is 400 g/mol. The standard InChI is InChI=1S/C20H25N5O2S/c1-13-5-7-25(8-6-13)18-9-14(2)22-19(23-18)24-20(28)21-11-15-3-4-16-17(10-15)27-12-26-16/h3-4,9-10,13H,5-8,11-12H2,1-2H3,(H2,21,22,23,24,28).